The lowest BCUT2D eigenvalue weighted by Gasteiger charge is -2.14. The highest BCUT2D eigenvalue weighted by molar-refractivity contribution is 6.30. The summed E-state index contributed by atoms with van der Waals surface area (Å²) in [7, 11) is 0. The average Bonchev–Trinajstić information content (AvgIpc) is 2.62. The van der Waals surface area contributed by atoms with E-state index in [1.54, 1.807) is 12.1 Å². The SMILES string of the molecule is Cc1ccc(Cl)cc1Nc1ncnc(Nc2ccc(OC(F)(F)F)cc2)c1N. The van der Waals surface area contributed by atoms with Crippen LogP contribution in [0.1, 0.15) is 5.56 Å². The molecular weight excluding hydrogens is 395 g/mol. The maximum Gasteiger partial charge on any atom is 0.573 e. The van der Waals surface area contributed by atoms with Gasteiger partial charge in [0.05, 0.1) is 0 Å². The van der Waals surface area contributed by atoms with Crippen molar-refractivity contribution < 1.29 is 17.9 Å². The van der Waals surface area contributed by atoms with Crippen LogP contribution in [0.5, 0.6) is 5.75 Å². The molecule has 1 aromatic heterocycles. The third-order valence-corrected chi connectivity index (χ3v) is 3.92. The van der Waals surface area contributed by atoms with Gasteiger partial charge in [0, 0.05) is 16.4 Å². The molecule has 28 heavy (non-hydrogen) atoms. The number of hydrogen-bond acceptors (Lipinski definition) is 6. The molecular formula is C18H15ClF3N5O. The van der Waals surface area contributed by atoms with E-state index in [-0.39, 0.29) is 11.4 Å². The molecule has 0 bridgehead atoms. The van der Waals surface area contributed by atoms with Gasteiger partial charge in [-0.15, -0.1) is 13.2 Å². The lowest BCUT2D eigenvalue weighted by Crippen LogP contribution is -2.17. The molecule has 0 aliphatic heterocycles. The average molecular weight is 410 g/mol. The number of nitrogens with zero attached hydrogens (tertiary/aromatic N) is 2. The van der Waals surface area contributed by atoms with Gasteiger partial charge in [-0.05, 0) is 48.9 Å². The molecule has 3 rings (SSSR count). The van der Waals surface area contributed by atoms with E-state index in [2.05, 4.69) is 25.3 Å². The Hall–Kier alpha value is -3.20. The summed E-state index contributed by atoms with van der Waals surface area (Å²) < 4.78 is 40.5. The number of anilines is 5. The van der Waals surface area contributed by atoms with Crippen molar-refractivity contribution in [2.24, 2.45) is 0 Å². The fraction of sp³-hybridized carbons (Fsp3) is 0.111. The van der Waals surface area contributed by atoms with Crippen molar-refractivity contribution in [2.45, 2.75) is 13.3 Å². The zero-order valence-corrected chi connectivity index (χ0v) is 15.3. The van der Waals surface area contributed by atoms with Crippen molar-refractivity contribution in [3.8, 4) is 5.75 Å². The van der Waals surface area contributed by atoms with Gasteiger partial charge in [-0.2, -0.15) is 0 Å². The summed E-state index contributed by atoms with van der Waals surface area (Å²) in [6, 6.07) is 10.6. The van der Waals surface area contributed by atoms with E-state index in [0.717, 1.165) is 11.3 Å². The van der Waals surface area contributed by atoms with Crippen LogP contribution in [-0.4, -0.2) is 16.3 Å². The van der Waals surface area contributed by atoms with Crippen molar-refractivity contribution in [3.05, 3.63) is 59.4 Å². The van der Waals surface area contributed by atoms with Gasteiger partial charge in [0.15, 0.2) is 11.6 Å². The van der Waals surface area contributed by atoms with E-state index in [1.807, 2.05) is 13.0 Å². The Morgan fingerprint density at radius 1 is 1.00 bits per heavy atom. The highest BCUT2D eigenvalue weighted by Crippen LogP contribution is 2.31. The molecule has 2 aromatic carbocycles. The van der Waals surface area contributed by atoms with Crippen molar-refractivity contribution in [3.63, 3.8) is 0 Å². The molecule has 4 N–H and O–H groups in total. The van der Waals surface area contributed by atoms with Gasteiger partial charge >= 0.3 is 6.36 Å². The fourth-order valence-electron chi connectivity index (χ4n) is 2.33. The van der Waals surface area contributed by atoms with Crippen molar-refractivity contribution in [1.82, 2.24) is 9.97 Å². The Morgan fingerprint density at radius 3 is 2.29 bits per heavy atom. The Balaban J connectivity index is 1.78. The lowest BCUT2D eigenvalue weighted by molar-refractivity contribution is -0.274. The minimum Gasteiger partial charge on any atom is -0.406 e. The van der Waals surface area contributed by atoms with Crippen LogP contribution in [0.2, 0.25) is 5.02 Å². The number of aryl methyl sites for hydroxylation is 1. The van der Waals surface area contributed by atoms with Crippen LogP contribution in [0.25, 0.3) is 0 Å². The largest absolute Gasteiger partial charge is 0.573 e. The maximum atomic E-state index is 12.2. The maximum absolute atomic E-state index is 12.2. The predicted molar refractivity (Wildman–Crippen MR) is 102 cm³/mol. The fourth-order valence-corrected chi connectivity index (χ4v) is 2.50. The molecule has 3 aromatic rings. The predicted octanol–water partition coefficient (Wildman–Crippen LogP) is 5.41. The number of ether oxygens (including phenoxy) is 1. The summed E-state index contributed by atoms with van der Waals surface area (Å²) in [5.41, 5.74) is 8.51. The smallest absolute Gasteiger partial charge is 0.406 e. The van der Waals surface area contributed by atoms with Gasteiger partial charge in [0.1, 0.15) is 17.8 Å². The number of aromatic nitrogens is 2. The van der Waals surface area contributed by atoms with Gasteiger partial charge in [-0.25, -0.2) is 9.97 Å². The summed E-state index contributed by atoms with van der Waals surface area (Å²) in [6.07, 6.45) is -3.44. The molecule has 0 atom stereocenters. The number of rotatable bonds is 5. The number of nitrogens with two attached hydrogens (primary N) is 1. The van der Waals surface area contributed by atoms with Gasteiger partial charge in [-0.1, -0.05) is 17.7 Å². The summed E-state index contributed by atoms with van der Waals surface area (Å²) in [4.78, 5) is 8.20. The van der Waals surface area contributed by atoms with Crippen LogP contribution in [-0.2, 0) is 0 Å². The van der Waals surface area contributed by atoms with E-state index in [1.165, 1.54) is 30.6 Å². The molecule has 0 saturated carbocycles. The zero-order chi connectivity index (χ0) is 20.3. The Labute approximate surface area is 163 Å². The van der Waals surface area contributed by atoms with Crippen molar-refractivity contribution in [1.29, 1.82) is 0 Å². The number of alkyl halides is 3. The van der Waals surface area contributed by atoms with E-state index in [4.69, 9.17) is 17.3 Å². The minimum absolute atomic E-state index is 0.234. The minimum atomic E-state index is -4.74. The molecule has 1 heterocycles. The molecule has 0 radical (unpaired) electrons. The third-order valence-electron chi connectivity index (χ3n) is 3.69. The normalized spacial score (nSPS) is 11.2. The van der Waals surface area contributed by atoms with E-state index in [9.17, 15) is 13.2 Å². The molecule has 0 fully saturated rings. The molecule has 10 heteroatoms. The van der Waals surface area contributed by atoms with Crippen LogP contribution in [0.3, 0.4) is 0 Å². The third kappa shape index (κ3) is 4.95. The second-order valence-corrected chi connectivity index (χ2v) is 6.20. The summed E-state index contributed by atoms with van der Waals surface area (Å²) in [6.45, 7) is 1.90. The van der Waals surface area contributed by atoms with Crippen LogP contribution >= 0.6 is 11.6 Å². The standard InChI is InChI=1S/C18H15ClF3N5O/c1-10-2-3-11(19)8-14(10)27-17-15(23)16(24-9-25-17)26-12-4-6-13(7-5-12)28-18(20,21)22/h2-9H,23H2,1H3,(H2,24,25,26,27). The monoisotopic (exact) mass is 409 g/mol. The highest BCUT2D eigenvalue weighted by atomic mass is 35.5. The number of nitrogen functional groups attached to an aromatic ring is 1. The van der Waals surface area contributed by atoms with Gasteiger partial charge in [-0.3, -0.25) is 0 Å². The van der Waals surface area contributed by atoms with Crippen molar-refractivity contribution in [2.75, 3.05) is 16.4 Å². The van der Waals surface area contributed by atoms with Gasteiger partial charge in [0.2, 0.25) is 0 Å². The van der Waals surface area contributed by atoms with Gasteiger partial charge < -0.3 is 21.1 Å². The topological polar surface area (TPSA) is 85.1 Å². The van der Waals surface area contributed by atoms with Crippen molar-refractivity contribution >= 4 is 40.3 Å². The first-order valence-electron chi connectivity index (χ1n) is 7.98. The summed E-state index contributed by atoms with van der Waals surface area (Å²) in [5.74, 6) is 0.328. The molecule has 0 amide bonds. The second kappa shape index (κ2) is 7.81. The summed E-state index contributed by atoms with van der Waals surface area (Å²) in [5, 5.41) is 6.59. The quantitative estimate of drug-likeness (QED) is 0.522. The molecule has 0 saturated heterocycles. The lowest BCUT2D eigenvalue weighted by atomic mass is 10.2. The highest BCUT2D eigenvalue weighted by Gasteiger charge is 2.30. The van der Waals surface area contributed by atoms with Crippen LogP contribution in [0.15, 0.2) is 48.8 Å². The Kier molecular flexibility index (Phi) is 5.46. The van der Waals surface area contributed by atoms with E-state index in [0.29, 0.717) is 22.3 Å². The van der Waals surface area contributed by atoms with E-state index >= 15 is 0 Å². The van der Waals surface area contributed by atoms with E-state index < -0.39 is 6.36 Å². The number of benzene rings is 2. The zero-order valence-electron chi connectivity index (χ0n) is 14.5. The first-order valence-corrected chi connectivity index (χ1v) is 8.35. The first-order chi connectivity index (χ1) is 13.2. The molecule has 0 unspecified atom stereocenters. The van der Waals surface area contributed by atoms with Crippen LogP contribution in [0.4, 0.5) is 41.9 Å². The Morgan fingerprint density at radius 2 is 1.64 bits per heavy atom. The Bertz CT molecular complexity index is 980. The number of nitrogens with one attached hydrogen (secondary N) is 2. The second-order valence-electron chi connectivity index (χ2n) is 5.77. The summed E-state index contributed by atoms with van der Waals surface area (Å²) >= 11 is 6.02. The molecule has 0 aliphatic carbocycles. The molecule has 146 valence electrons. The molecule has 0 spiro atoms. The molecule has 6 nitrogen and oxygen atoms in total. The first kappa shape index (κ1) is 19.6. The molecule has 0 aliphatic rings. The number of hydrogen-bond donors (Lipinski definition) is 3. The van der Waals surface area contributed by atoms with Crippen LogP contribution in [0, 0.1) is 6.92 Å². The number of halogens is 4. The van der Waals surface area contributed by atoms with Crippen LogP contribution < -0.4 is 21.1 Å². The van der Waals surface area contributed by atoms with Gasteiger partial charge in [0.25, 0.3) is 0 Å².